The van der Waals surface area contributed by atoms with Gasteiger partial charge in [-0.1, -0.05) is 50.5 Å². The minimum Gasteiger partial charge on any atom is -0.476 e. The molecule has 0 aliphatic heterocycles. The van der Waals surface area contributed by atoms with E-state index in [1.165, 1.54) is 24.3 Å². The highest BCUT2D eigenvalue weighted by Crippen LogP contribution is 2.22. The zero-order valence-corrected chi connectivity index (χ0v) is 25.7. The molecular weight excluding hydrogens is 568 g/mol. The molecule has 1 aromatic heterocycles. The Labute approximate surface area is 255 Å². The van der Waals surface area contributed by atoms with Crippen LogP contribution in [0.4, 0.5) is 5.69 Å². The molecule has 0 fully saturated rings. The van der Waals surface area contributed by atoms with Gasteiger partial charge < -0.3 is 9.47 Å². The van der Waals surface area contributed by atoms with Crippen LogP contribution in [0.2, 0.25) is 0 Å². The molecule has 0 spiro atoms. The fourth-order valence-electron chi connectivity index (χ4n) is 4.73. The Morgan fingerprint density at radius 1 is 0.977 bits per heavy atom. The van der Waals surface area contributed by atoms with Crippen LogP contribution in [-0.4, -0.2) is 43.2 Å². The lowest BCUT2D eigenvalue weighted by atomic mass is 10.1. The first-order valence-electron chi connectivity index (χ1n) is 14.9. The number of esters is 1. The minimum atomic E-state index is -1.19. The third kappa shape index (κ3) is 8.95. The number of rotatable bonds is 17. The second kappa shape index (κ2) is 15.7. The van der Waals surface area contributed by atoms with Gasteiger partial charge in [0.15, 0.2) is 11.4 Å². The molecule has 1 heterocycles. The Bertz CT molecular complexity index is 1590. The summed E-state index contributed by atoms with van der Waals surface area (Å²) >= 11 is 0. The first kappa shape index (κ1) is 33.9. The van der Waals surface area contributed by atoms with Gasteiger partial charge in [0, 0.05) is 12.6 Å². The molecule has 0 aliphatic carbocycles. The zero-order valence-electron chi connectivity index (χ0n) is 25.7. The number of carbonyl (C=O) groups excluding carboxylic acids is 2. The van der Waals surface area contributed by atoms with Crippen LogP contribution in [-0.2, 0) is 35.5 Å². The van der Waals surface area contributed by atoms with E-state index in [9.17, 15) is 29.3 Å². The van der Waals surface area contributed by atoms with Crippen molar-refractivity contribution in [3.05, 3.63) is 96.3 Å². The molecule has 12 heteroatoms. The van der Waals surface area contributed by atoms with Gasteiger partial charge in [-0.15, -0.1) is 0 Å². The summed E-state index contributed by atoms with van der Waals surface area (Å²) in [6.45, 7) is 6.81. The van der Waals surface area contributed by atoms with Crippen molar-refractivity contribution >= 4 is 17.4 Å². The molecule has 0 atom stereocenters. The summed E-state index contributed by atoms with van der Waals surface area (Å²) in [4.78, 5) is 62.8. The molecule has 44 heavy (non-hydrogen) atoms. The molecule has 0 saturated carbocycles. The molecule has 3 rings (SSSR count). The van der Waals surface area contributed by atoms with Crippen molar-refractivity contribution in [3.8, 4) is 5.75 Å². The van der Waals surface area contributed by atoms with Gasteiger partial charge in [-0.05, 0) is 70.2 Å². The SMILES string of the molecule is CCCCCCc1nn(CC(=O)c2ccccc2[N+](=O)[O-])c(=O)n(CCCc2cccc(OC(C)(C)C(=O)OCC)c2)c1=O. The summed E-state index contributed by atoms with van der Waals surface area (Å²) in [5.74, 6) is -0.659. The topological polar surface area (TPSA) is 153 Å². The molecular formula is C32H40N4O8. The van der Waals surface area contributed by atoms with Crippen molar-refractivity contribution in [1.82, 2.24) is 14.3 Å². The van der Waals surface area contributed by atoms with E-state index < -0.39 is 40.1 Å². The molecule has 0 saturated heterocycles. The van der Waals surface area contributed by atoms with E-state index in [0.717, 1.165) is 34.1 Å². The van der Waals surface area contributed by atoms with Crippen LogP contribution in [0, 0.1) is 10.1 Å². The van der Waals surface area contributed by atoms with Crippen molar-refractivity contribution in [2.45, 2.75) is 91.3 Å². The number of aryl methyl sites for hydroxylation is 2. The van der Waals surface area contributed by atoms with E-state index in [1.807, 2.05) is 6.07 Å². The number of para-hydroxylation sites is 1. The van der Waals surface area contributed by atoms with Crippen LogP contribution in [0.25, 0.3) is 0 Å². The quantitative estimate of drug-likeness (QED) is 0.0699. The first-order chi connectivity index (χ1) is 21.0. The maximum absolute atomic E-state index is 13.4. The first-order valence-corrected chi connectivity index (χ1v) is 14.9. The fraction of sp³-hybridized carbons (Fsp3) is 0.469. The lowest BCUT2D eigenvalue weighted by Gasteiger charge is -2.24. The van der Waals surface area contributed by atoms with Crippen LogP contribution in [0.3, 0.4) is 0 Å². The molecule has 0 unspecified atom stereocenters. The van der Waals surface area contributed by atoms with E-state index >= 15 is 0 Å². The highest BCUT2D eigenvalue weighted by Gasteiger charge is 2.31. The molecule has 0 N–H and O–H groups in total. The fourth-order valence-corrected chi connectivity index (χ4v) is 4.73. The van der Waals surface area contributed by atoms with Gasteiger partial charge in [0.2, 0.25) is 0 Å². The largest absolute Gasteiger partial charge is 0.476 e. The average Bonchev–Trinajstić information content (AvgIpc) is 2.99. The number of unbranched alkanes of at least 4 members (excludes halogenated alkanes) is 3. The van der Waals surface area contributed by atoms with Crippen LogP contribution in [0.5, 0.6) is 5.75 Å². The number of benzene rings is 2. The average molecular weight is 609 g/mol. The molecule has 3 aromatic rings. The van der Waals surface area contributed by atoms with Gasteiger partial charge >= 0.3 is 11.7 Å². The number of Topliss-reactive ketones (excluding diaryl/α,β-unsaturated/α-hetero) is 1. The van der Waals surface area contributed by atoms with Crippen molar-refractivity contribution in [2.24, 2.45) is 0 Å². The molecule has 0 bridgehead atoms. The van der Waals surface area contributed by atoms with Crippen molar-refractivity contribution in [2.75, 3.05) is 6.61 Å². The van der Waals surface area contributed by atoms with Gasteiger partial charge in [0.25, 0.3) is 11.2 Å². The third-order valence-corrected chi connectivity index (χ3v) is 7.03. The van der Waals surface area contributed by atoms with Crippen LogP contribution < -0.4 is 16.0 Å². The number of aromatic nitrogens is 3. The van der Waals surface area contributed by atoms with Crippen LogP contribution in [0.15, 0.2) is 58.1 Å². The highest BCUT2D eigenvalue weighted by atomic mass is 16.6. The van der Waals surface area contributed by atoms with Crippen molar-refractivity contribution < 1.29 is 24.0 Å². The third-order valence-electron chi connectivity index (χ3n) is 7.03. The minimum absolute atomic E-state index is 0.0707. The Hall–Kier alpha value is -4.61. The second-order valence-corrected chi connectivity index (χ2v) is 10.9. The molecule has 0 aliphatic rings. The second-order valence-electron chi connectivity index (χ2n) is 10.9. The number of hydrogen-bond acceptors (Lipinski definition) is 9. The number of nitrogens with zero attached hydrogens (tertiary/aromatic N) is 4. The maximum Gasteiger partial charge on any atom is 0.349 e. The summed E-state index contributed by atoms with van der Waals surface area (Å²) in [6, 6.07) is 12.7. The maximum atomic E-state index is 13.4. The summed E-state index contributed by atoms with van der Waals surface area (Å²) in [6.07, 6.45) is 4.83. The monoisotopic (exact) mass is 608 g/mol. The normalized spacial score (nSPS) is 11.3. The van der Waals surface area contributed by atoms with Gasteiger partial charge in [-0.3, -0.25) is 24.3 Å². The van der Waals surface area contributed by atoms with Gasteiger partial charge in [0.1, 0.15) is 18.0 Å². The summed E-state index contributed by atoms with van der Waals surface area (Å²) < 4.78 is 13.0. The number of hydrogen-bond donors (Lipinski definition) is 0. The Morgan fingerprint density at radius 2 is 1.73 bits per heavy atom. The standard InChI is InChI=1S/C32H40N4O8/c1-5-7-8-9-18-26-29(38)34(31(40)35(33-26)22-28(37)25-17-10-11-19-27(25)36(41)42)20-13-15-23-14-12-16-24(21-23)44-32(3,4)30(39)43-6-2/h10-12,14,16-17,19,21H,5-9,13,15,18,20,22H2,1-4H3. The zero-order chi connectivity index (χ0) is 32.3. The Morgan fingerprint density at radius 3 is 2.43 bits per heavy atom. The highest BCUT2D eigenvalue weighted by molar-refractivity contribution is 5.99. The van der Waals surface area contributed by atoms with Crippen LogP contribution >= 0.6 is 0 Å². The Kier molecular flexibility index (Phi) is 12.1. The smallest absolute Gasteiger partial charge is 0.349 e. The molecule has 2 aromatic carbocycles. The van der Waals surface area contributed by atoms with Gasteiger partial charge in [-0.2, -0.15) is 5.10 Å². The van der Waals surface area contributed by atoms with Gasteiger partial charge in [-0.25, -0.2) is 14.3 Å². The molecule has 12 nitrogen and oxygen atoms in total. The van der Waals surface area contributed by atoms with E-state index in [4.69, 9.17) is 9.47 Å². The van der Waals surface area contributed by atoms with Gasteiger partial charge in [0.05, 0.1) is 17.1 Å². The lowest BCUT2D eigenvalue weighted by Crippen LogP contribution is -2.44. The molecule has 0 amide bonds. The summed E-state index contributed by atoms with van der Waals surface area (Å²) in [7, 11) is 0. The van der Waals surface area contributed by atoms with E-state index in [0.29, 0.717) is 31.4 Å². The summed E-state index contributed by atoms with van der Waals surface area (Å²) in [5.41, 5.74) is -1.91. The number of carbonyl (C=O) groups is 2. The van der Waals surface area contributed by atoms with Crippen molar-refractivity contribution in [3.63, 3.8) is 0 Å². The summed E-state index contributed by atoms with van der Waals surface area (Å²) in [5, 5.41) is 15.7. The number of nitro benzene ring substituents is 1. The predicted molar refractivity (Wildman–Crippen MR) is 164 cm³/mol. The predicted octanol–water partition coefficient (Wildman–Crippen LogP) is 4.67. The number of ketones is 1. The van der Waals surface area contributed by atoms with Crippen molar-refractivity contribution in [1.29, 1.82) is 0 Å². The van der Waals surface area contributed by atoms with E-state index in [2.05, 4.69) is 12.0 Å². The molecule has 0 radical (unpaired) electrons. The molecule has 236 valence electrons. The van der Waals surface area contributed by atoms with E-state index in [1.54, 1.807) is 39.0 Å². The number of nitro groups is 1. The number of ether oxygens (including phenoxy) is 2. The van der Waals surface area contributed by atoms with Crippen LogP contribution in [0.1, 0.15) is 81.4 Å². The van der Waals surface area contributed by atoms with E-state index in [-0.39, 0.29) is 30.1 Å². The Balaban J connectivity index is 1.83. The lowest BCUT2D eigenvalue weighted by molar-refractivity contribution is -0.385.